The molecular weight excluding hydrogens is 467 g/mol. The van der Waals surface area contributed by atoms with Gasteiger partial charge in [-0.1, -0.05) is 29.8 Å². The van der Waals surface area contributed by atoms with Crippen molar-refractivity contribution >= 4 is 27.5 Å². The van der Waals surface area contributed by atoms with Crippen molar-refractivity contribution in [2.24, 2.45) is 0 Å². The minimum atomic E-state index is -4.76. The molecule has 3 aromatic rings. The zero-order chi connectivity index (χ0) is 24.5. The summed E-state index contributed by atoms with van der Waals surface area (Å²) in [7, 11) is -4.30. The zero-order valence-electron chi connectivity index (χ0n) is 18.7. The quantitative estimate of drug-likeness (QED) is 0.571. The van der Waals surface area contributed by atoms with E-state index in [1.54, 1.807) is 6.07 Å². The monoisotopic (exact) mass is 491 g/mol. The van der Waals surface area contributed by atoms with Crippen LogP contribution in [-0.4, -0.2) is 48.9 Å². The van der Waals surface area contributed by atoms with Gasteiger partial charge in [-0.15, -0.1) is 0 Å². The molecule has 2 aromatic carbocycles. The Kier molecular flexibility index (Phi) is 6.50. The Labute approximate surface area is 196 Å². The van der Waals surface area contributed by atoms with Gasteiger partial charge in [-0.2, -0.15) is 22.5 Å². The molecule has 2 heterocycles. The lowest BCUT2D eigenvalue weighted by atomic mass is 10.2. The number of rotatable bonds is 5. The average molecular weight is 492 g/mol. The minimum Gasteiger partial charge on any atom is -0.354 e. The molecule has 180 valence electrons. The van der Waals surface area contributed by atoms with Crippen LogP contribution in [0.2, 0.25) is 0 Å². The second kappa shape index (κ2) is 9.22. The predicted octanol–water partition coefficient (Wildman–Crippen LogP) is 4.37. The van der Waals surface area contributed by atoms with E-state index in [0.717, 1.165) is 33.4 Å². The predicted molar refractivity (Wildman–Crippen MR) is 124 cm³/mol. The van der Waals surface area contributed by atoms with Crippen molar-refractivity contribution in [2.45, 2.75) is 24.9 Å². The molecule has 0 aliphatic carbocycles. The molecule has 0 saturated carbocycles. The standard InChI is InChI=1S/C23H24F3N5O2S/c1-16-7-9-18(10-8-16)28-22-27-17(2)15-21(29-22)30-11-13-31(14-12-30)34(32,33)20-6-4-3-5-19(20)23(24,25)26/h3-10,15H,11-14H2,1-2H3,(H,27,28,29). The normalized spacial score (nSPS) is 15.4. The number of aromatic nitrogens is 2. The number of sulfonamides is 1. The maximum atomic E-state index is 13.4. The lowest BCUT2D eigenvalue weighted by Crippen LogP contribution is -2.49. The molecule has 0 radical (unpaired) electrons. The Morgan fingerprint density at radius 3 is 2.21 bits per heavy atom. The smallest absolute Gasteiger partial charge is 0.354 e. The maximum Gasteiger partial charge on any atom is 0.417 e. The van der Waals surface area contributed by atoms with Gasteiger partial charge in [-0.25, -0.2) is 13.4 Å². The summed E-state index contributed by atoms with van der Waals surface area (Å²) < 4.78 is 67.2. The van der Waals surface area contributed by atoms with Gasteiger partial charge < -0.3 is 10.2 Å². The summed E-state index contributed by atoms with van der Waals surface area (Å²) in [6.07, 6.45) is -4.76. The first kappa shape index (κ1) is 24.0. The van der Waals surface area contributed by atoms with Gasteiger partial charge in [-0.3, -0.25) is 0 Å². The first-order valence-electron chi connectivity index (χ1n) is 10.6. The molecule has 1 aliphatic rings. The average Bonchev–Trinajstić information content (AvgIpc) is 2.80. The van der Waals surface area contributed by atoms with Gasteiger partial charge in [0.25, 0.3) is 0 Å². The van der Waals surface area contributed by atoms with Gasteiger partial charge in [0.2, 0.25) is 16.0 Å². The van der Waals surface area contributed by atoms with Crippen LogP contribution < -0.4 is 10.2 Å². The first-order chi connectivity index (χ1) is 16.0. The molecule has 11 heteroatoms. The number of halogens is 3. The van der Waals surface area contributed by atoms with Crippen LogP contribution in [-0.2, 0) is 16.2 Å². The van der Waals surface area contributed by atoms with E-state index in [4.69, 9.17) is 0 Å². The molecule has 0 amide bonds. The number of benzene rings is 2. The van der Waals surface area contributed by atoms with Crippen molar-refractivity contribution in [3.05, 3.63) is 71.4 Å². The van der Waals surface area contributed by atoms with Crippen LogP contribution in [0, 0.1) is 13.8 Å². The van der Waals surface area contributed by atoms with Crippen LogP contribution in [0.4, 0.5) is 30.6 Å². The molecule has 1 aliphatic heterocycles. The van der Waals surface area contributed by atoms with Crippen LogP contribution in [0.3, 0.4) is 0 Å². The third-order valence-electron chi connectivity index (χ3n) is 5.52. The molecule has 1 saturated heterocycles. The summed E-state index contributed by atoms with van der Waals surface area (Å²) in [5.74, 6) is 1.03. The minimum absolute atomic E-state index is 0.0400. The third-order valence-corrected chi connectivity index (χ3v) is 7.48. The zero-order valence-corrected chi connectivity index (χ0v) is 19.5. The van der Waals surface area contributed by atoms with E-state index < -0.39 is 26.7 Å². The van der Waals surface area contributed by atoms with Crippen molar-refractivity contribution in [1.29, 1.82) is 0 Å². The second-order valence-electron chi connectivity index (χ2n) is 8.07. The molecule has 1 N–H and O–H groups in total. The summed E-state index contributed by atoms with van der Waals surface area (Å²) in [5.41, 5.74) is 1.54. The van der Waals surface area contributed by atoms with E-state index in [9.17, 15) is 21.6 Å². The highest BCUT2D eigenvalue weighted by Crippen LogP contribution is 2.35. The summed E-state index contributed by atoms with van der Waals surface area (Å²) in [6.45, 7) is 4.48. The van der Waals surface area contributed by atoms with E-state index in [0.29, 0.717) is 11.8 Å². The van der Waals surface area contributed by atoms with Gasteiger partial charge in [0.15, 0.2) is 0 Å². The SMILES string of the molecule is Cc1ccc(Nc2nc(C)cc(N3CCN(S(=O)(=O)c4ccccc4C(F)(F)F)CC3)n2)cc1. The van der Waals surface area contributed by atoms with Gasteiger partial charge in [0, 0.05) is 43.6 Å². The molecule has 1 fully saturated rings. The van der Waals surface area contributed by atoms with E-state index in [1.165, 1.54) is 12.1 Å². The fraction of sp³-hybridized carbons (Fsp3) is 0.304. The number of anilines is 3. The fourth-order valence-electron chi connectivity index (χ4n) is 3.76. The van der Waals surface area contributed by atoms with Crippen LogP contribution in [0.15, 0.2) is 59.5 Å². The number of hydrogen-bond donors (Lipinski definition) is 1. The summed E-state index contributed by atoms with van der Waals surface area (Å²) in [5, 5.41) is 3.16. The Morgan fingerprint density at radius 1 is 0.912 bits per heavy atom. The highest BCUT2D eigenvalue weighted by molar-refractivity contribution is 7.89. The highest BCUT2D eigenvalue weighted by Gasteiger charge is 2.39. The van der Waals surface area contributed by atoms with Crippen molar-refractivity contribution in [1.82, 2.24) is 14.3 Å². The number of nitrogens with zero attached hydrogens (tertiary/aromatic N) is 4. The van der Waals surface area contributed by atoms with Gasteiger partial charge in [0.1, 0.15) is 5.82 Å². The largest absolute Gasteiger partial charge is 0.417 e. The van der Waals surface area contributed by atoms with E-state index in [1.807, 2.05) is 43.0 Å². The van der Waals surface area contributed by atoms with Crippen molar-refractivity contribution in [3.8, 4) is 0 Å². The number of piperazine rings is 1. The topological polar surface area (TPSA) is 78.4 Å². The molecule has 0 spiro atoms. The van der Waals surface area contributed by atoms with Crippen LogP contribution in [0.1, 0.15) is 16.8 Å². The lowest BCUT2D eigenvalue weighted by Gasteiger charge is -2.35. The van der Waals surface area contributed by atoms with E-state index in [2.05, 4.69) is 15.3 Å². The van der Waals surface area contributed by atoms with Crippen LogP contribution in [0.5, 0.6) is 0 Å². The summed E-state index contributed by atoms with van der Waals surface area (Å²) in [4.78, 5) is 10.1. The van der Waals surface area contributed by atoms with E-state index in [-0.39, 0.29) is 26.2 Å². The Bertz CT molecular complexity index is 1270. The number of aryl methyl sites for hydroxylation is 2. The molecular formula is C23H24F3N5O2S. The van der Waals surface area contributed by atoms with Crippen LogP contribution in [0.25, 0.3) is 0 Å². The van der Waals surface area contributed by atoms with Crippen molar-refractivity contribution < 1.29 is 21.6 Å². The molecule has 7 nitrogen and oxygen atoms in total. The Hall–Kier alpha value is -3.18. The Balaban J connectivity index is 1.50. The molecule has 0 atom stereocenters. The van der Waals surface area contributed by atoms with Crippen molar-refractivity contribution in [3.63, 3.8) is 0 Å². The highest BCUT2D eigenvalue weighted by atomic mass is 32.2. The Morgan fingerprint density at radius 2 is 1.56 bits per heavy atom. The van der Waals surface area contributed by atoms with Gasteiger partial charge in [0.05, 0.1) is 10.5 Å². The first-order valence-corrected chi connectivity index (χ1v) is 12.1. The number of hydrogen-bond acceptors (Lipinski definition) is 6. The number of nitrogens with one attached hydrogen (secondary N) is 1. The molecule has 0 bridgehead atoms. The van der Waals surface area contributed by atoms with Crippen LogP contribution >= 0.6 is 0 Å². The van der Waals surface area contributed by atoms with Gasteiger partial charge >= 0.3 is 6.18 Å². The summed E-state index contributed by atoms with van der Waals surface area (Å²) in [6, 6.07) is 13.8. The second-order valence-corrected chi connectivity index (χ2v) is 9.97. The molecule has 34 heavy (non-hydrogen) atoms. The lowest BCUT2D eigenvalue weighted by molar-refractivity contribution is -0.139. The number of alkyl halides is 3. The van der Waals surface area contributed by atoms with E-state index >= 15 is 0 Å². The molecule has 4 rings (SSSR count). The molecule has 0 unspecified atom stereocenters. The van der Waals surface area contributed by atoms with Crippen molar-refractivity contribution in [2.75, 3.05) is 36.4 Å². The fourth-order valence-corrected chi connectivity index (χ4v) is 5.39. The summed E-state index contributed by atoms with van der Waals surface area (Å²) >= 11 is 0. The molecule has 1 aromatic heterocycles. The third kappa shape index (κ3) is 5.15. The van der Waals surface area contributed by atoms with Gasteiger partial charge in [-0.05, 0) is 38.1 Å². The maximum absolute atomic E-state index is 13.4.